The molecule has 166 valence electrons. The number of nitrogens with one attached hydrogen (secondary N) is 1. The minimum absolute atomic E-state index is 0.0174. The molecule has 1 aliphatic heterocycles. The van der Waals surface area contributed by atoms with Crippen LogP contribution < -0.4 is 5.32 Å². The Morgan fingerprint density at radius 1 is 1.03 bits per heavy atom. The van der Waals surface area contributed by atoms with Crippen LogP contribution in [-0.4, -0.2) is 56.3 Å². The Balaban J connectivity index is 1.33. The van der Waals surface area contributed by atoms with Crippen molar-refractivity contribution in [2.45, 2.75) is 30.2 Å². The zero-order valence-corrected chi connectivity index (χ0v) is 19.4. The lowest BCUT2D eigenvalue weighted by Gasteiger charge is -2.34. The monoisotopic (exact) mass is 481 g/mol. The summed E-state index contributed by atoms with van der Waals surface area (Å²) in [5.74, 6) is -0.0316. The number of halogens is 2. The smallest absolute Gasteiger partial charge is 0.244 e. The molecule has 0 spiro atoms. The number of fused-ring (bicyclic) bond motifs is 1. The normalized spacial score (nSPS) is 20.3. The van der Waals surface area contributed by atoms with Gasteiger partial charge >= 0.3 is 0 Å². The van der Waals surface area contributed by atoms with Crippen molar-refractivity contribution in [1.29, 1.82) is 0 Å². The summed E-state index contributed by atoms with van der Waals surface area (Å²) in [5, 5.41) is 3.41. The standard InChI is InChI=1S/C22H25Cl2N3O3S/c23-18-8-4-10-20(22(18)24)31(29,30)27-13-11-26(12-14-27)15-21(28)25-19-9-3-6-16-5-1-2-7-17(16)19/h1-2,4-5,7-8,10,19H,3,6,9,11-15H2,(H,25,28). The van der Waals surface area contributed by atoms with Gasteiger partial charge in [0.25, 0.3) is 0 Å². The molecular weight excluding hydrogens is 457 g/mol. The van der Waals surface area contributed by atoms with Crippen LogP contribution in [0.25, 0.3) is 0 Å². The third-order valence-corrected chi connectivity index (χ3v) is 8.81. The highest BCUT2D eigenvalue weighted by molar-refractivity contribution is 7.89. The van der Waals surface area contributed by atoms with E-state index >= 15 is 0 Å². The summed E-state index contributed by atoms with van der Waals surface area (Å²) < 4.78 is 27.3. The maximum Gasteiger partial charge on any atom is 0.244 e. The number of hydrogen-bond donors (Lipinski definition) is 1. The van der Waals surface area contributed by atoms with Gasteiger partial charge in [0.2, 0.25) is 15.9 Å². The lowest BCUT2D eigenvalue weighted by atomic mass is 9.88. The second kappa shape index (κ2) is 9.46. The van der Waals surface area contributed by atoms with Crippen molar-refractivity contribution in [3.63, 3.8) is 0 Å². The summed E-state index contributed by atoms with van der Waals surface area (Å²) in [6, 6.07) is 12.9. The number of nitrogens with zero attached hydrogens (tertiary/aromatic N) is 2. The number of aryl methyl sites for hydroxylation is 1. The predicted octanol–water partition coefficient (Wildman–Crippen LogP) is 3.49. The van der Waals surface area contributed by atoms with E-state index in [9.17, 15) is 13.2 Å². The first-order valence-electron chi connectivity index (χ1n) is 10.4. The second-order valence-corrected chi connectivity index (χ2v) is 10.6. The molecule has 6 nitrogen and oxygen atoms in total. The van der Waals surface area contributed by atoms with Gasteiger partial charge in [0.1, 0.15) is 4.90 Å². The Labute approximate surface area is 193 Å². The first-order chi connectivity index (χ1) is 14.9. The van der Waals surface area contributed by atoms with E-state index in [4.69, 9.17) is 23.2 Å². The van der Waals surface area contributed by atoms with Crippen LogP contribution in [0.15, 0.2) is 47.4 Å². The van der Waals surface area contributed by atoms with Gasteiger partial charge in [0.05, 0.1) is 22.6 Å². The van der Waals surface area contributed by atoms with Crippen molar-refractivity contribution in [3.8, 4) is 0 Å². The van der Waals surface area contributed by atoms with Crippen LogP contribution in [0.3, 0.4) is 0 Å². The molecule has 2 aromatic rings. The Hall–Kier alpha value is -1.64. The number of carbonyl (C=O) groups excluding carboxylic acids is 1. The van der Waals surface area contributed by atoms with E-state index in [1.165, 1.54) is 21.5 Å². The molecule has 0 bridgehead atoms. The summed E-state index contributed by atoms with van der Waals surface area (Å²) in [7, 11) is -3.73. The number of sulfonamides is 1. The predicted molar refractivity (Wildman–Crippen MR) is 122 cm³/mol. The molecule has 1 unspecified atom stereocenters. The van der Waals surface area contributed by atoms with Crippen molar-refractivity contribution >= 4 is 39.1 Å². The van der Waals surface area contributed by atoms with Crippen molar-refractivity contribution < 1.29 is 13.2 Å². The highest BCUT2D eigenvalue weighted by atomic mass is 35.5. The number of carbonyl (C=O) groups is 1. The fraction of sp³-hybridized carbons (Fsp3) is 0.409. The van der Waals surface area contributed by atoms with Gasteiger partial charge in [-0.1, -0.05) is 53.5 Å². The van der Waals surface area contributed by atoms with Gasteiger partial charge in [-0.05, 0) is 42.5 Å². The Kier molecular flexibility index (Phi) is 6.89. The molecule has 2 aromatic carbocycles. The first kappa shape index (κ1) is 22.6. The molecule has 1 aliphatic carbocycles. The summed E-state index contributed by atoms with van der Waals surface area (Å²) in [6.45, 7) is 1.80. The highest BCUT2D eigenvalue weighted by Gasteiger charge is 2.31. The topological polar surface area (TPSA) is 69.7 Å². The van der Waals surface area contributed by atoms with E-state index < -0.39 is 10.0 Å². The third kappa shape index (κ3) is 4.91. The fourth-order valence-corrected chi connectivity index (χ4v) is 6.46. The molecule has 0 radical (unpaired) electrons. The molecule has 4 rings (SSSR count). The molecule has 1 saturated heterocycles. The van der Waals surface area contributed by atoms with Gasteiger partial charge < -0.3 is 5.32 Å². The number of piperazine rings is 1. The highest BCUT2D eigenvalue weighted by Crippen LogP contribution is 2.31. The molecule has 1 heterocycles. The number of rotatable bonds is 5. The first-order valence-corrected chi connectivity index (χ1v) is 12.6. The number of benzene rings is 2. The SMILES string of the molecule is O=C(CN1CCN(S(=O)(=O)c2cccc(Cl)c2Cl)CC1)NC1CCCc2ccccc21. The lowest BCUT2D eigenvalue weighted by Crippen LogP contribution is -2.51. The van der Waals surface area contributed by atoms with Crippen LogP contribution in [0.5, 0.6) is 0 Å². The molecule has 1 N–H and O–H groups in total. The minimum atomic E-state index is -3.73. The van der Waals surface area contributed by atoms with Gasteiger partial charge in [0.15, 0.2) is 0 Å². The minimum Gasteiger partial charge on any atom is -0.348 e. The van der Waals surface area contributed by atoms with E-state index in [2.05, 4.69) is 17.4 Å². The van der Waals surface area contributed by atoms with Crippen LogP contribution in [0.2, 0.25) is 10.0 Å². The van der Waals surface area contributed by atoms with Crippen molar-refractivity contribution in [1.82, 2.24) is 14.5 Å². The molecule has 9 heteroatoms. The lowest BCUT2D eigenvalue weighted by molar-refractivity contribution is -0.123. The number of hydrogen-bond acceptors (Lipinski definition) is 4. The Morgan fingerprint density at radius 2 is 1.77 bits per heavy atom. The Morgan fingerprint density at radius 3 is 2.55 bits per heavy atom. The molecule has 0 saturated carbocycles. The second-order valence-electron chi connectivity index (χ2n) is 7.94. The summed E-state index contributed by atoms with van der Waals surface area (Å²) in [6.07, 6.45) is 3.05. The van der Waals surface area contributed by atoms with Gasteiger partial charge in [0, 0.05) is 26.2 Å². The van der Waals surface area contributed by atoms with Crippen molar-refractivity contribution in [3.05, 3.63) is 63.6 Å². The van der Waals surface area contributed by atoms with Crippen LogP contribution in [0.1, 0.15) is 30.0 Å². The zero-order chi connectivity index (χ0) is 22.0. The molecule has 2 aliphatic rings. The fourth-order valence-electron chi connectivity index (χ4n) is 4.30. The maximum absolute atomic E-state index is 13.0. The van der Waals surface area contributed by atoms with Crippen LogP contribution in [0.4, 0.5) is 0 Å². The third-order valence-electron chi connectivity index (χ3n) is 5.94. The van der Waals surface area contributed by atoms with Crippen LogP contribution >= 0.6 is 23.2 Å². The van der Waals surface area contributed by atoms with Crippen LogP contribution in [-0.2, 0) is 21.2 Å². The van der Waals surface area contributed by atoms with E-state index in [-0.39, 0.29) is 33.4 Å². The quantitative estimate of drug-likeness (QED) is 0.709. The average molecular weight is 482 g/mol. The van der Waals surface area contributed by atoms with Gasteiger partial charge in [-0.25, -0.2) is 8.42 Å². The molecule has 1 atom stereocenters. The van der Waals surface area contributed by atoms with Crippen molar-refractivity contribution in [2.24, 2.45) is 0 Å². The zero-order valence-electron chi connectivity index (χ0n) is 17.1. The van der Waals surface area contributed by atoms with Crippen LogP contribution in [0, 0.1) is 0 Å². The number of amides is 1. The maximum atomic E-state index is 13.0. The van der Waals surface area contributed by atoms with Gasteiger partial charge in [-0.15, -0.1) is 0 Å². The average Bonchev–Trinajstić information content (AvgIpc) is 2.76. The summed E-state index contributed by atoms with van der Waals surface area (Å²) in [5.41, 5.74) is 2.51. The van der Waals surface area contributed by atoms with E-state index in [1.54, 1.807) is 12.1 Å². The molecular formula is C22H25Cl2N3O3S. The Bertz CT molecular complexity index is 1070. The summed E-state index contributed by atoms with van der Waals surface area (Å²) >= 11 is 12.1. The van der Waals surface area contributed by atoms with Gasteiger partial charge in [-0.2, -0.15) is 4.31 Å². The molecule has 1 fully saturated rings. The van der Waals surface area contributed by atoms with Crippen molar-refractivity contribution in [2.75, 3.05) is 32.7 Å². The summed E-state index contributed by atoms with van der Waals surface area (Å²) in [4.78, 5) is 14.7. The van der Waals surface area contributed by atoms with Gasteiger partial charge in [-0.3, -0.25) is 9.69 Å². The van der Waals surface area contributed by atoms with E-state index in [0.29, 0.717) is 26.2 Å². The molecule has 1 amide bonds. The van der Waals surface area contributed by atoms with E-state index in [0.717, 1.165) is 19.3 Å². The molecule has 31 heavy (non-hydrogen) atoms. The largest absolute Gasteiger partial charge is 0.348 e. The molecule has 0 aromatic heterocycles. The van der Waals surface area contributed by atoms with E-state index in [1.807, 2.05) is 17.0 Å².